The van der Waals surface area contributed by atoms with E-state index in [4.69, 9.17) is 0 Å². The van der Waals surface area contributed by atoms with Gasteiger partial charge in [0.25, 0.3) is 0 Å². The summed E-state index contributed by atoms with van der Waals surface area (Å²) in [6.07, 6.45) is 3.99. The fourth-order valence-electron chi connectivity index (χ4n) is 1.84. The van der Waals surface area contributed by atoms with E-state index in [-0.39, 0.29) is 0 Å². The second-order valence-corrected chi connectivity index (χ2v) is 4.84. The highest BCUT2D eigenvalue weighted by Crippen LogP contribution is 2.18. The minimum atomic E-state index is 0.838. The molecule has 1 fully saturated rings. The predicted octanol–water partition coefficient (Wildman–Crippen LogP) is 2.57. The Morgan fingerprint density at radius 1 is 1.25 bits per heavy atom. The zero-order valence-electron chi connectivity index (χ0n) is 10.4. The van der Waals surface area contributed by atoms with E-state index in [1.165, 1.54) is 30.5 Å². The fourth-order valence-corrected chi connectivity index (χ4v) is 1.84. The van der Waals surface area contributed by atoms with E-state index in [1.807, 2.05) is 0 Å². The first-order valence-corrected chi connectivity index (χ1v) is 6.27. The maximum absolute atomic E-state index is 3.55. The molecule has 0 radical (unpaired) electrons. The van der Waals surface area contributed by atoms with E-state index < -0.39 is 0 Å². The monoisotopic (exact) mass is 218 g/mol. The minimum absolute atomic E-state index is 0.838. The van der Waals surface area contributed by atoms with Gasteiger partial charge in [-0.25, -0.2) is 0 Å². The van der Waals surface area contributed by atoms with Gasteiger partial charge in [-0.1, -0.05) is 17.7 Å². The number of rotatable bonds is 6. The standard InChI is InChI=1S/C14H22N2/c1-12-4-8-14(9-5-12)16(2)11-3-10-15-13-6-7-13/h4-5,8-9,13,15H,3,6-7,10-11H2,1-2H3. The molecular weight excluding hydrogens is 196 g/mol. The third-order valence-corrected chi connectivity index (χ3v) is 3.16. The van der Waals surface area contributed by atoms with Gasteiger partial charge in [0.1, 0.15) is 0 Å². The molecule has 2 heteroatoms. The van der Waals surface area contributed by atoms with Gasteiger partial charge in [-0.15, -0.1) is 0 Å². The predicted molar refractivity (Wildman–Crippen MR) is 70.1 cm³/mol. The van der Waals surface area contributed by atoms with Crippen molar-refractivity contribution in [1.29, 1.82) is 0 Å². The van der Waals surface area contributed by atoms with Crippen molar-refractivity contribution in [3.05, 3.63) is 29.8 Å². The number of hydrogen-bond acceptors (Lipinski definition) is 2. The number of nitrogens with one attached hydrogen (secondary N) is 1. The van der Waals surface area contributed by atoms with E-state index in [2.05, 4.69) is 48.5 Å². The van der Waals surface area contributed by atoms with Crippen molar-refractivity contribution in [1.82, 2.24) is 5.32 Å². The van der Waals surface area contributed by atoms with Crippen LogP contribution in [0, 0.1) is 6.92 Å². The molecule has 16 heavy (non-hydrogen) atoms. The molecule has 1 aromatic carbocycles. The van der Waals surface area contributed by atoms with Gasteiger partial charge in [0.2, 0.25) is 0 Å². The third kappa shape index (κ3) is 3.53. The summed E-state index contributed by atoms with van der Waals surface area (Å²) in [6.45, 7) is 4.41. The second kappa shape index (κ2) is 5.35. The molecule has 0 bridgehead atoms. The molecule has 0 aliphatic heterocycles. The highest BCUT2D eigenvalue weighted by molar-refractivity contribution is 5.46. The quantitative estimate of drug-likeness (QED) is 0.738. The lowest BCUT2D eigenvalue weighted by Crippen LogP contribution is -2.24. The second-order valence-electron chi connectivity index (χ2n) is 4.84. The molecule has 0 heterocycles. The fraction of sp³-hybridized carbons (Fsp3) is 0.571. The van der Waals surface area contributed by atoms with Crippen molar-refractivity contribution >= 4 is 5.69 Å². The van der Waals surface area contributed by atoms with Crippen LogP contribution in [0.5, 0.6) is 0 Å². The van der Waals surface area contributed by atoms with Crippen LogP contribution in [0.4, 0.5) is 5.69 Å². The van der Waals surface area contributed by atoms with Gasteiger partial charge >= 0.3 is 0 Å². The van der Waals surface area contributed by atoms with Crippen molar-refractivity contribution in [2.45, 2.75) is 32.2 Å². The summed E-state index contributed by atoms with van der Waals surface area (Å²) < 4.78 is 0. The Balaban J connectivity index is 1.69. The molecular formula is C14H22N2. The van der Waals surface area contributed by atoms with E-state index in [1.54, 1.807) is 0 Å². The summed E-state index contributed by atoms with van der Waals surface area (Å²) in [5.41, 5.74) is 2.64. The Labute approximate surface area is 98.7 Å². The number of benzene rings is 1. The first kappa shape index (κ1) is 11.5. The third-order valence-electron chi connectivity index (χ3n) is 3.16. The molecule has 2 rings (SSSR count). The van der Waals surface area contributed by atoms with Gasteiger partial charge in [-0.05, 0) is 44.9 Å². The summed E-state index contributed by atoms with van der Waals surface area (Å²) in [6, 6.07) is 9.58. The number of aryl methyl sites for hydroxylation is 1. The van der Waals surface area contributed by atoms with Crippen LogP contribution < -0.4 is 10.2 Å². The number of hydrogen-bond donors (Lipinski definition) is 1. The van der Waals surface area contributed by atoms with E-state index in [9.17, 15) is 0 Å². The molecule has 0 unspecified atom stereocenters. The average molecular weight is 218 g/mol. The summed E-state index contributed by atoms with van der Waals surface area (Å²) >= 11 is 0. The molecule has 1 N–H and O–H groups in total. The van der Waals surface area contributed by atoms with Gasteiger partial charge < -0.3 is 10.2 Å². The highest BCUT2D eigenvalue weighted by Gasteiger charge is 2.19. The van der Waals surface area contributed by atoms with Crippen molar-refractivity contribution in [2.75, 3.05) is 25.0 Å². The Bertz CT molecular complexity index is 314. The molecule has 0 aromatic heterocycles. The first-order chi connectivity index (χ1) is 7.75. The molecule has 2 nitrogen and oxygen atoms in total. The molecule has 1 aliphatic rings. The summed E-state index contributed by atoms with van der Waals surface area (Å²) in [5.74, 6) is 0. The largest absolute Gasteiger partial charge is 0.375 e. The lowest BCUT2D eigenvalue weighted by Gasteiger charge is -2.19. The Kier molecular flexibility index (Phi) is 3.83. The number of anilines is 1. The van der Waals surface area contributed by atoms with Gasteiger partial charge in [0, 0.05) is 25.3 Å². The van der Waals surface area contributed by atoms with Crippen LogP contribution in [0.2, 0.25) is 0 Å². The maximum Gasteiger partial charge on any atom is 0.0363 e. The van der Waals surface area contributed by atoms with Crippen LogP contribution in [0.3, 0.4) is 0 Å². The molecule has 0 spiro atoms. The lowest BCUT2D eigenvalue weighted by atomic mass is 10.2. The Hall–Kier alpha value is -1.02. The summed E-state index contributed by atoms with van der Waals surface area (Å²) in [4.78, 5) is 2.33. The van der Waals surface area contributed by atoms with Gasteiger partial charge in [0.05, 0.1) is 0 Å². The molecule has 0 saturated heterocycles. The van der Waals surface area contributed by atoms with Crippen LogP contribution in [0.15, 0.2) is 24.3 Å². The van der Waals surface area contributed by atoms with Crippen LogP contribution in [0.25, 0.3) is 0 Å². The van der Waals surface area contributed by atoms with Gasteiger partial charge in [-0.3, -0.25) is 0 Å². The molecule has 1 aromatic rings. The Morgan fingerprint density at radius 2 is 1.94 bits per heavy atom. The van der Waals surface area contributed by atoms with E-state index in [0.29, 0.717) is 0 Å². The van der Waals surface area contributed by atoms with Gasteiger partial charge in [0.15, 0.2) is 0 Å². The van der Waals surface area contributed by atoms with Gasteiger partial charge in [-0.2, -0.15) is 0 Å². The molecule has 1 aliphatic carbocycles. The Morgan fingerprint density at radius 3 is 2.56 bits per heavy atom. The highest BCUT2D eigenvalue weighted by atomic mass is 15.1. The molecule has 1 saturated carbocycles. The van der Waals surface area contributed by atoms with Crippen molar-refractivity contribution < 1.29 is 0 Å². The maximum atomic E-state index is 3.55. The summed E-state index contributed by atoms with van der Waals surface area (Å²) in [5, 5.41) is 3.55. The van der Waals surface area contributed by atoms with Crippen molar-refractivity contribution in [3.8, 4) is 0 Å². The zero-order valence-corrected chi connectivity index (χ0v) is 10.4. The molecule has 0 atom stereocenters. The zero-order chi connectivity index (χ0) is 11.4. The van der Waals surface area contributed by atoms with Crippen LogP contribution in [-0.2, 0) is 0 Å². The van der Waals surface area contributed by atoms with E-state index in [0.717, 1.165) is 19.1 Å². The molecule has 88 valence electrons. The van der Waals surface area contributed by atoms with Crippen LogP contribution in [-0.4, -0.2) is 26.2 Å². The lowest BCUT2D eigenvalue weighted by molar-refractivity contribution is 0.642. The van der Waals surface area contributed by atoms with Crippen LogP contribution in [0.1, 0.15) is 24.8 Å². The summed E-state index contributed by atoms with van der Waals surface area (Å²) in [7, 11) is 2.17. The number of nitrogens with zero attached hydrogens (tertiary/aromatic N) is 1. The van der Waals surface area contributed by atoms with Crippen molar-refractivity contribution in [3.63, 3.8) is 0 Å². The molecule has 0 amide bonds. The average Bonchev–Trinajstić information content (AvgIpc) is 3.09. The smallest absolute Gasteiger partial charge is 0.0363 e. The van der Waals surface area contributed by atoms with E-state index >= 15 is 0 Å². The van der Waals surface area contributed by atoms with Crippen LogP contribution >= 0.6 is 0 Å². The topological polar surface area (TPSA) is 15.3 Å². The minimum Gasteiger partial charge on any atom is -0.375 e. The van der Waals surface area contributed by atoms with Crippen molar-refractivity contribution in [2.24, 2.45) is 0 Å². The first-order valence-electron chi connectivity index (χ1n) is 6.27. The normalized spacial score (nSPS) is 15.1. The SMILES string of the molecule is Cc1ccc(N(C)CCCNC2CC2)cc1.